The number of rotatable bonds is 8. The summed E-state index contributed by atoms with van der Waals surface area (Å²) in [6, 6.07) is 0. The first-order chi connectivity index (χ1) is 14.2. The van der Waals surface area contributed by atoms with Crippen LogP contribution in [0.4, 0.5) is 5.69 Å². The van der Waals surface area contributed by atoms with Crippen molar-refractivity contribution in [1.29, 1.82) is 0 Å². The molecule has 1 aromatic rings. The van der Waals surface area contributed by atoms with Crippen molar-refractivity contribution >= 4 is 29.7 Å². The molecule has 2 heterocycles. The molecule has 1 aliphatic rings. The fraction of sp³-hybridized carbons (Fsp3) is 0.739. The van der Waals surface area contributed by atoms with E-state index in [4.69, 9.17) is 22.7 Å². The van der Waals surface area contributed by atoms with Crippen LogP contribution in [0.1, 0.15) is 58.6 Å². The molecule has 0 aromatic carbocycles. The highest BCUT2D eigenvalue weighted by atomic mass is 32.2. The number of aromatic nitrogens is 2. The molecule has 1 aromatic heterocycles. The molecule has 3 unspecified atom stereocenters. The van der Waals surface area contributed by atoms with Crippen LogP contribution in [0.15, 0.2) is 15.8 Å². The number of nitrogen functional groups attached to an aromatic ring is 1. The topological polar surface area (TPSA) is 62.2 Å². The van der Waals surface area contributed by atoms with Gasteiger partial charge in [0.1, 0.15) is 5.69 Å². The highest BCUT2D eigenvalue weighted by molar-refractivity contribution is 8.03. The molecule has 1 aliphatic heterocycles. The molecular formula is C23H39N3O2S2. The molecule has 0 spiro atoms. The lowest BCUT2D eigenvalue weighted by molar-refractivity contribution is 0.0837. The van der Waals surface area contributed by atoms with Gasteiger partial charge in [-0.3, -0.25) is 9.36 Å². The Kier molecular flexibility index (Phi) is 10.2. The fourth-order valence-corrected chi connectivity index (χ4v) is 5.29. The molecule has 1 fully saturated rings. The Morgan fingerprint density at radius 1 is 1.33 bits per heavy atom. The van der Waals surface area contributed by atoms with Crippen LogP contribution in [0, 0.1) is 22.5 Å². The van der Waals surface area contributed by atoms with Crippen LogP contribution in [-0.4, -0.2) is 28.1 Å². The van der Waals surface area contributed by atoms with E-state index in [2.05, 4.69) is 26.8 Å². The molecule has 0 aliphatic carbocycles. The number of anilines is 1. The summed E-state index contributed by atoms with van der Waals surface area (Å²) in [5.41, 5.74) is 7.06. The minimum Gasteiger partial charge on any atom is -0.393 e. The summed E-state index contributed by atoms with van der Waals surface area (Å²) in [5.74, 6) is 3.16. The van der Waals surface area contributed by atoms with Crippen molar-refractivity contribution in [2.45, 2.75) is 59.3 Å². The summed E-state index contributed by atoms with van der Waals surface area (Å²) < 4.78 is 9.43. The number of allylic oxidation sites excluding steroid dienone is 2. The molecule has 0 radical (unpaired) electrons. The first-order valence-electron chi connectivity index (χ1n) is 11.1. The summed E-state index contributed by atoms with van der Waals surface area (Å²) >= 11 is 7.34. The van der Waals surface area contributed by atoms with Crippen molar-refractivity contribution in [3.05, 3.63) is 31.8 Å². The number of hydrogen-bond acceptors (Lipinski definition) is 5. The van der Waals surface area contributed by atoms with Crippen LogP contribution in [0.5, 0.6) is 0 Å². The smallest absolute Gasteiger partial charge is 0.277 e. The average molecular weight is 454 g/mol. The van der Waals surface area contributed by atoms with E-state index in [-0.39, 0.29) is 5.56 Å². The zero-order chi connectivity index (χ0) is 22.3. The number of nitrogens with two attached hydrogens (primary N) is 1. The Morgan fingerprint density at radius 3 is 2.80 bits per heavy atom. The van der Waals surface area contributed by atoms with Crippen molar-refractivity contribution in [1.82, 2.24) is 9.13 Å². The van der Waals surface area contributed by atoms with Gasteiger partial charge in [0.05, 0.1) is 0 Å². The summed E-state index contributed by atoms with van der Waals surface area (Å²) in [4.78, 5) is 13.6. The van der Waals surface area contributed by atoms with Gasteiger partial charge in [-0.05, 0) is 86.1 Å². The Morgan fingerprint density at radius 2 is 2.07 bits per heavy atom. The first-order valence-corrected chi connectivity index (χ1v) is 12.5. The molecule has 3 atom stereocenters. The third-order valence-electron chi connectivity index (χ3n) is 6.38. The maximum Gasteiger partial charge on any atom is 0.277 e. The number of hydrogen-bond donors (Lipinski definition) is 1. The van der Waals surface area contributed by atoms with Gasteiger partial charge in [0.15, 0.2) is 4.77 Å². The van der Waals surface area contributed by atoms with Crippen molar-refractivity contribution in [3.8, 4) is 0 Å². The Bertz CT molecular complexity index is 807. The molecule has 2 rings (SSSR count). The number of nitrogens with zero attached hydrogens (tertiary/aromatic N) is 2. The number of thioether (sulfide) groups is 1. The second kappa shape index (κ2) is 12.1. The van der Waals surface area contributed by atoms with Crippen LogP contribution in [0.25, 0.3) is 0 Å². The van der Waals surface area contributed by atoms with Crippen molar-refractivity contribution in [3.63, 3.8) is 0 Å². The zero-order valence-corrected chi connectivity index (χ0v) is 20.9. The average Bonchev–Trinajstić information content (AvgIpc) is 2.71. The molecule has 7 heteroatoms. The van der Waals surface area contributed by atoms with E-state index >= 15 is 0 Å². The van der Waals surface area contributed by atoms with Crippen LogP contribution in [0.2, 0.25) is 0 Å². The maximum absolute atomic E-state index is 12.3. The minimum atomic E-state index is -0.197. The first kappa shape index (κ1) is 25.2. The highest BCUT2D eigenvalue weighted by Crippen LogP contribution is 2.29. The van der Waals surface area contributed by atoms with Crippen LogP contribution < -0.4 is 11.3 Å². The van der Waals surface area contributed by atoms with Gasteiger partial charge in [0, 0.05) is 33.0 Å². The van der Waals surface area contributed by atoms with Crippen molar-refractivity contribution < 1.29 is 4.74 Å². The molecule has 30 heavy (non-hydrogen) atoms. The molecular weight excluding hydrogens is 414 g/mol. The van der Waals surface area contributed by atoms with Gasteiger partial charge < -0.3 is 15.0 Å². The van der Waals surface area contributed by atoms with Crippen LogP contribution in [0.3, 0.4) is 0 Å². The SMILES string of the molecule is C/C(=C/CC(C)Cc1c(N)c(=O)n(C)c(=S)n1C)SCCC1CCCOCCC1C. The van der Waals surface area contributed by atoms with Gasteiger partial charge in [-0.15, -0.1) is 11.8 Å². The third-order valence-corrected chi connectivity index (χ3v) is 7.99. The van der Waals surface area contributed by atoms with E-state index in [0.717, 1.165) is 43.6 Å². The monoisotopic (exact) mass is 453 g/mol. The van der Waals surface area contributed by atoms with Crippen molar-refractivity contribution in [2.75, 3.05) is 24.7 Å². The molecule has 2 N–H and O–H groups in total. The molecule has 170 valence electrons. The van der Waals surface area contributed by atoms with Crippen molar-refractivity contribution in [2.24, 2.45) is 31.8 Å². The second-order valence-electron chi connectivity index (χ2n) is 8.84. The highest BCUT2D eigenvalue weighted by Gasteiger charge is 2.19. The number of ether oxygens (including phenoxy) is 1. The Balaban J connectivity index is 1.85. The molecule has 0 bridgehead atoms. The van der Waals surface area contributed by atoms with E-state index in [1.807, 2.05) is 23.4 Å². The van der Waals surface area contributed by atoms with E-state index in [0.29, 0.717) is 16.4 Å². The maximum atomic E-state index is 12.3. The van der Waals surface area contributed by atoms with Gasteiger partial charge in [0.25, 0.3) is 5.56 Å². The summed E-state index contributed by atoms with van der Waals surface area (Å²) in [6.07, 6.45) is 9.01. The van der Waals surface area contributed by atoms with Gasteiger partial charge in [-0.1, -0.05) is 19.9 Å². The second-order valence-corrected chi connectivity index (χ2v) is 10.5. The largest absolute Gasteiger partial charge is 0.393 e. The minimum absolute atomic E-state index is 0.197. The van der Waals surface area contributed by atoms with Crippen LogP contribution >= 0.6 is 24.0 Å². The van der Waals surface area contributed by atoms with E-state index < -0.39 is 0 Å². The third kappa shape index (κ3) is 6.99. The standard InChI is InChI=1S/C23H39N3O2S2/c1-16(15-20-21(24)22(27)26(5)23(29)25(20)4)8-9-18(3)30-14-11-19-7-6-12-28-13-10-17(19)2/h9,16-17,19H,6-8,10-15,24H2,1-5H3/b18-9-. The zero-order valence-electron chi connectivity index (χ0n) is 19.3. The molecule has 1 saturated heterocycles. The lowest BCUT2D eigenvalue weighted by Gasteiger charge is -2.26. The fourth-order valence-electron chi connectivity index (χ4n) is 4.14. The predicted molar refractivity (Wildman–Crippen MR) is 132 cm³/mol. The lowest BCUT2D eigenvalue weighted by atomic mass is 9.85. The predicted octanol–water partition coefficient (Wildman–Crippen LogP) is 5.08. The molecule has 0 saturated carbocycles. The quantitative estimate of drug-likeness (QED) is 0.556. The summed E-state index contributed by atoms with van der Waals surface area (Å²) in [6.45, 7) is 8.64. The van der Waals surface area contributed by atoms with E-state index in [9.17, 15) is 4.79 Å². The Labute approximate surface area is 191 Å². The van der Waals surface area contributed by atoms with Gasteiger partial charge in [-0.25, -0.2) is 0 Å². The molecule has 5 nitrogen and oxygen atoms in total. The van der Waals surface area contributed by atoms with E-state index in [1.165, 1.54) is 40.9 Å². The summed E-state index contributed by atoms with van der Waals surface area (Å²) in [5, 5.41) is 0. The van der Waals surface area contributed by atoms with Gasteiger partial charge in [0.2, 0.25) is 0 Å². The Hall–Kier alpha value is -1.05. The lowest BCUT2D eigenvalue weighted by Crippen LogP contribution is -2.28. The van der Waals surface area contributed by atoms with E-state index in [1.54, 1.807) is 7.05 Å². The van der Waals surface area contributed by atoms with Gasteiger partial charge in [-0.2, -0.15) is 0 Å². The normalized spacial score (nSPS) is 21.8. The van der Waals surface area contributed by atoms with Crippen LogP contribution in [-0.2, 0) is 25.3 Å². The van der Waals surface area contributed by atoms with Gasteiger partial charge >= 0.3 is 0 Å². The molecule has 0 amide bonds. The summed E-state index contributed by atoms with van der Waals surface area (Å²) in [7, 11) is 3.56.